The molecule has 2 heterocycles. The Balaban J connectivity index is 0.00000280. The summed E-state index contributed by atoms with van der Waals surface area (Å²) in [6.07, 6.45) is 2.20. The molecule has 0 spiro atoms. The van der Waals surface area contributed by atoms with Crippen molar-refractivity contribution in [1.82, 2.24) is 10.2 Å². The van der Waals surface area contributed by atoms with Crippen LogP contribution in [0.15, 0.2) is 24.3 Å². The van der Waals surface area contributed by atoms with E-state index in [1.165, 1.54) is 12.1 Å². The third-order valence-corrected chi connectivity index (χ3v) is 8.00. The van der Waals surface area contributed by atoms with E-state index in [1.54, 1.807) is 17.0 Å². The van der Waals surface area contributed by atoms with E-state index < -0.39 is 20.7 Å². The van der Waals surface area contributed by atoms with Gasteiger partial charge in [0.1, 0.15) is 5.82 Å². The maximum Gasteiger partial charge on any atom is 0.244 e. The van der Waals surface area contributed by atoms with Gasteiger partial charge in [-0.25, -0.2) is 12.8 Å². The van der Waals surface area contributed by atoms with Crippen molar-refractivity contribution in [3.63, 3.8) is 0 Å². The van der Waals surface area contributed by atoms with Gasteiger partial charge in [0.25, 0.3) is 0 Å². The molecule has 3 rings (SSSR count). The number of nitrogens with zero attached hydrogens (tertiary/aromatic N) is 1. The average molecular weight is 435 g/mol. The van der Waals surface area contributed by atoms with E-state index in [0.717, 1.165) is 6.26 Å². The smallest absolute Gasteiger partial charge is 0.244 e. The minimum Gasteiger partial charge on any atom is -0.388 e. The molecule has 28 heavy (non-hydrogen) atoms. The Hall–Kier alpha value is -1.22. The Morgan fingerprint density at radius 2 is 1.75 bits per heavy atom. The second-order valence-electron chi connectivity index (χ2n) is 7.64. The summed E-state index contributed by atoms with van der Waals surface area (Å²) in [5.41, 5.74) is 0.659. The van der Waals surface area contributed by atoms with Crippen molar-refractivity contribution in [2.24, 2.45) is 5.92 Å². The first-order valence-electron chi connectivity index (χ1n) is 9.38. The fourth-order valence-corrected chi connectivity index (χ4v) is 5.60. The molecular formula is C19H28ClFN2O4S. The third kappa shape index (κ3) is 4.50. The van der Waals surface area contributed by atoms with Crippen molar-refractivity contribution in [2.45, 2.75) is 36.5 Å². The molecule has 1 amide bonds. The Bertz CT molecular complexity index is 774. The molecule has 0 aliphatic carbocycles. The Labute approximate surface area is 171 Å². The van der Waals surface area contributed by atoms with E-state index in [1.807, 2.05) is 0 Å². The zero-order chi connectivity index (χ0) is 19.7. The number of benzene rings is 1. The third-order valence-electron chi connectivity index (χ3n) is 6.00. The number of carbonyl (C=O) groups excluding carboxylic acids is 1. The largest absolute Gasteiger partial charge is 0.388 e. The van der Waals surface area contributed by atoms with Gasteiger partial charge in [-0.2, -0.15) is 0 Å². The van der Waals surface area contributed by atoms with Gasteiger partial charge in [-0.05, 0) is 62.4 Å². The lowest BCUT2D eigenvalue weighted by Crippen LogP contribution is -2.59. The summed E-state index contributed by atoms with van der Waals surface area (Å²) in [5, 5.41) is 13.7. The summed E-state index contributed by atoms with van der Waals surface area (Å²) in [4.78, 5) is 14.8. The predicted molar refractivity (Wildman–Crippen MR) is 108 cm³/mol. The van der Waals surface area contributed by atoms with Gasteiger partial charge in [-0.15, -0.1) is 12.4 Å². The molecule has 1 atom stereocenters. The molecule has 2 aliphatic heterocycles. The van der Waals surface area contributed by atoms with Crippen molar-refractivity contribution in [3.8, 4) is 0 Å². The summed E-state index contributed by atoms with van der Waals surface area (Å²) in [6, 6.07) is 5.80. The number of carbonyl (C=O) groups is 1. The highest BCUT2D eigenvalue weighted by Gasteiger charge is 2.50. The van der Waals surface area contributed by atoms with Crippen molar-refractivity contribution >= 4 is 28.2 Å². The highest BCUT2D eigenvalue weighted by Crippen LogP contribution is 2.35. The zero-order valence-electron chi connectivity index (χ0n) is 15.9. The molecule has 6 nitrogen and oxygen atoms in total. The van der Waals surface area contributed by atoms with E-state index in [-0.39, 0.29) is 30.0 Å². The number of aliphatic hydroxyl groups is 1. The van der Waals surface area contributed by atoms with E-state index in [4.69, 9.17) is 0 Å². The maximum absolute atomic E-state index is 13.1. The van der Waals surface area contributed by atoms with Gasteiger partial charge < -0.3 is 15.3 Å². The second kappa shape index (κ2) is 9.07. The first kappa shape index (κ1) is 23.1. The molecule has 0 radical (unpaired) electrons. The quantitative estimate of drug-likeness (QED) is 0.753. The number of aliphatic hydroxyl groups excluding tert-OH is 1. The SMILES string of the molecule is CS(=O)(=O)C1(C(=O)N2CCC(C(O)c3ccc(F)cc3)CC2)CCNCC1.Cl. The fourth-order valence-electron chi connectivity index (χ4n) is 4.21. The monoisotopic (exact) mass is 434 g/mol. The molecule has 2 N–H and O–H groups in total. The number of rotatable bonds is 4. The fraction of sp³-hybridized carbons (Fsp3) is 0.632. The van der Waals surface area contributed by atoms with Gasteiger partial charge in [-0.3, -0.25) is 4.79 Å². The minimum absolute atomic E-state index is 0. The highest BCUT2D eigenvalue weighted by atomic mass is 35.5. The van der Waals surface area contributed by atoms with Crippen LogP contribution in [-0.2, 0) is 14.6 Å². The van der Waals surface area contributed by atoms with Gasteiger partial charge >= 0.3 is 0 Å². The lowest BCUT2D eigenvalue weighted by molar-refractivity contribution is -0.136. The topological polar surface area (TPSA) is 86.7 Å². The number of halogens is 2. The molecule has 1 unspecified atom stereocenters. The van der Waals surface area contributed by atoms with Crippen LogP contribution in [0, 0.1) is 11.7 Å². The van der Waals surface area contributed by atoms with Crippen LogP contribution in [0.25, 0.3) is 0 Å². The van der Waals surface area contributed by atoms with Crippen LogP contribution in [0.2, 0.25) is 0 Å². The van der Waals surface area contributed by atoms with Crippen LogP contribution in [0.5, 0.6) is 0 Å². The van der Waals surface area contributed by atoms with Crippen molar-refractivity contribution < 1.29 is 22.7 Å². The molecule has 1 aromatic carbocycles. The van der Waals surface area contributed by atoms with Crippen LogP contribution in [0.4, 0.5) is 4.39 Å². The number of sulfone groups is 1. The molecule has 158 valence electrons. The van der Waals surface area contributed by atoms with Crippen molar-refractivity contribution in [3.05, 3.63) is 35.6 Å². The van der Waals surface area contributed by atoms with E-state index in [0.29, 0.717) is 57.4 Å². The Morgan fingerprint density at radius 3 is 2.25 bits per heavy atom. The number of amides is 1. The number of likely N-dealkylation sites (tertiary alicyclic amines) is 1. The molecule has 2 fully saturated rings. The van der Waals surface area contributed by atoms with Gasteiger partial charge in [-0.1, -0.05) is 12.1 Å². The molecule has 2 aliphatic rings. The zero-order valence-corrected chi connectivity index (χ0v) is 17.6. The van der Waals surface area contributed by atoms with E-state index in [2.05, 4.69) is 5.32 Å². The number of hydrogen-bond donors (Lipinski definition) is 2. The van der Waals surface area contributed by atoms with Crippen LogP contribution in [0.3, 0.4) is 0 Å². The summed E-state index contributed by atoms with van der Waals surface area (Å²) in [7, 11) is -3.53. The van der Waals surface area contributed by atoms with E-state index in [9.17, 15) is 22.7 Å². The molecule has 9 heteroatoms. The van der Waals surface area contributed by atoms with Crippen LogP contribution in [-0.4, -0.2) is 61.5 Å². The van der Waals surface area contributed by atoms with Crippen LogP contribution in [0.1, 0.15) is 37.4 Å². The molecule has 0 bridgehead atoms. The van der Waals surface area contributed by atoms with Gasteiger partial charge in [0.15, 0.2) is 14.6 Å². The Morgan fingerprint density at radius 1 is 1.21 bits per heavy atom. The maximum atomic E-state index is 13.1. The summed E-state index contributed by atoms with van der Waals surface area (Å²) in [6.45, 7) is 1.87. The standard InChI is InChI=1S/C19H27FN2O4S.ClH/c1-27(25,26)19(8-10-21-11-9-19)18(24)22-12-6-15(7-13-22)17(23)14-2-4-16(20)5-3-14;/h2-5,15,17,21,23H,6-13H2,1H3;1H. The summed E-state index contributed by atoms with van der Waals surface area (Å²) < 4.78 is 36.6. The summed E-state index contributed by atoms with van der Waals surface area (Å²) >= 11 is 0. The van der Waals surface area contributed by atoms with Crippen LogP contribution >= 0.6 is 12.4 Å². The molecule has 0 saturated carbocycles. The molecule has 2 saturated heterocycles. The number of hydrogen-bond acceptors (Lipinski definition) is 5. The summed E-state index contributed by atoms with van der Waals surface area (Å²) in [5.74, 6) is -0.692. The van der Waals surface area contributed by atoms with Gasteiger partial charge in [0, 0.05) is 19.3 Å². The van der Waals surface area contributed by atoms with Crippen molar-refractivity contribution in [2.75, 3.05) is 32.4 Å². The molecular weight excluding hydrogens is 407 g/mol. The van der Waals surface area contributed by atoms with Crippen molar-refractivity contribution in [1.29, 1.82) is 0 Å². The second-order valence-corrected chi connectivity index (χ2v) is 9.97. The van der Waals surface area contributed by atoms with Gasteiger partial charge in [0.05, 0.1) is 6.10 Å². The predicted octanol–water partition coefficient (Wildman–Crippen LogP) is 1.69. The highest BCUT2D eigenvalue weighted by molar-refractivity contribution is 7.92. The Kier molecular flexibility index (Phi) is 7.47. The normalized spacial score (nSPS) is 21.6. The van der Waals surface area contributed by atoms with Gasteiger partial charge in [0.2, 0.25) is 5.91 Å². The first-order valence-corrected chi connectivity index (χ1v) is 11.3. The minimum atomic E-state index is -3.53. The number of nitrogens with one attached hydrogen (secondary N) is 1. The molecule has 0 aromatic heterocycles. The number of piperidine rings is 2. The first-order chi connectivity index (χ1) is 12.7. The lowest BCUT2D eigenvalue weighted by Gasteiger charge is -2.41. The molecule has 1 aromatic rings. The van der Waals surface area contributed by atoms with E-state index >= 15 is 0 Å². The van der Waals surface area contributed by atoms with Crippen LogP contribution < -0.4 is 5.32 Å². The lowest BCUT2D eigenvalue weighted by atomic mass is 9.86. The average Bonchev–Trinajstić information content (AvgIpc) is 2.67.